The number of nitrogens with zero attached hydrogens (tertiary/aromatic N) is 1. The van der Waals surface area contributed by atoms with Crippen LogP contribution in [0.15, 0.2) is 22.6 Å². The minimum Gasteiger partial charge on any atom is -0.466 e. The summed E-state index contributed by atoms with van der Waals surface area (Å²) in [5.74, 6) is 2.52. The molecule has 2 heterocycles. The third-order valence-corrected chi connectivity index (χ3v) is 3.42. The second kappa shape index (κ2) is 5.63. The fourth-order valence-electron chi connectivity index (χ4n) is 2.23. The SMILES string of the molecule is Cc1ccc(C(N)=S)c(NC(C)c2cc(C)oc2C)n1. The van der Waals surface area contributed by atoms with Gasteiger partial charge in [-0.05, 0) is 45.9 Å². The van der Waals surface area contributed by atoms with Crippen molar-refractivity contribution >= 4 is 23.0 Å². The Kier molecular flexibility index (Phi) is 4.09. The number of pyridine rings is 1. The molecule has 1 unspecified atom stereocenters. The van der Waals surface area contributed by atoms with E-state index in [4.69, 9.17) is 22.4 Å². The second-order valence-electron chi connectivity index (χ2n) is 4.95. The molecule has 2 aromatic rings. The number of hydrogen-bond acceptors (Lipinski definition) is 4. The number of nitrogens with two attached hydrogens (primary N) is 1. The number of hydrogen-bond donors (Lipinski definition) is 2. The fourth-order valence-corrected chi connectivity index (χ4v) is 2.39. The van der Waals surface area contributed by atoms with Crippen molar-refractivity contribution in [3.63, 3.8) is 0 Å². The summed E-state index contributed by atoms with van der Waals surface area (Å²) in [6, 6.07) is 5.89. The average molecular weight is 289 g/mol. The molecule has 0 bridgehead atoms. The van der Waals surface area contributed by atoms with Crippen LogP contribution >= 0.6 is 12.2 Å². The Morgan fingerprint density at radius 2 is 2.05 bits per heavy atom. The first-order valence-corrected chi connectivity index (χ1v) is 6.90. The zero-order chi connectivity index (χ0) is 14.9. The molecule has 0 saturated carbocycles. The summed E-state index contributed by atoms with van der Waals surface area (Å²) in [7, 11) is 0. The predicted octanol–water partition coefficient (Wildman–Crippen LogP) is 3.41. The van der Waals surface area contributed by atoms with Crippen LogP contribution in [-0.4, -0.2) is 9.97 Å². The van der Waals surface area contributed by atoms with E-state index in [0.29, 0.717) is 10.8 Å². The Bertz CT molecular complexity index is 649. The van der Waals surface area contributed by atoms with E-state index in [1.54, 1.807) is 0 Å². The maximum Gasteiger partial charge on any atom is 0.136 e. The van der Waals surface area contributed by atoms with Crippen LogP contribution in [0, 0.1) is 20.8 Å². The van der Waals surface area contributed by atoms with E-state index < -0.39 is 0 Å². The number of nitrogens with one attached hydrogen (secondary N) is 1. The minimum absolute atomic E-state index is 0.0647. The lowest BCUT2D eigenvalue weighted by Gasteiger charge is -2.17. The molecule has 0 aromatic carbocycles. The quantitative estimate of drug-likeness (QED) is 0.844. The highest BCUT2D eigenvalue weighted by molar-refractivity contribution is 7.80. The molecule has 0 fully saturated rings. The summed E-state index contributed by atoms with van der Waals surface area (Å²) in [5.41, 5.74) is 8.53. The molecule has 0 aliphatic rings. The summed E-state index contributed by atoms with van der Waals surface area (Å²) < 4.78 is 5.56. The van der Waals surface area contributed by atoms with Crippen molar-refractivity contribution in [2.24, 2.45) is 5.73 Å². The fraction of sp³-hybridized carbons (Fsp3) is 0.333. The second-order valence-corrected chi connectivity index (χ2v) is 5.39. The normalized spacial score (nSPS) is 12.2. The highest BCUT2D eigenvalue weighted by Gasteiger charge is 2.15. The van der Waals surface area contributed by atoms with E-state index in [-0.39, 0.29) is 6.04 Å². The van der Waals surface area contributed by atoms with Crippen molar-refractivity contribution in [3.8, 4) is 0 Å². The molecule has 1 atom stereocenters. The molecule has 5 heteroatoms. The van der Waals surface area contributed by atoms with Gasteiger partial charge in [0.15, 0.2) is 0 Å². The van der Waals surface area contributed by atoms with Crippen LogP contribution in [0.1, 0.15) is 41.3 Å². The highest BCUT2D eigenvalue weighted by Crippen LogP contribution is 2.25. The van der Waals surface area contributed by atoms with Gasteiger partial charge in [0.1, 0.15) is 22.3 Å². The Labute approximate surface area is 124 Å². The number of rotatable bonds is 4. The predicted molar refractivity (Wildman–Crippen MR) is 85.1 cm³/mol. The molecule has 2 aromatic heterocycles. The van der Waals surface area contributed by atoms with Gasteiger partial charge in [-0.1, -0.05) is 12.2 Å². The van der Waals surface area contributed by atoms with Crippen LogP contribution in [0.25, 0.3) is 0 Å². The molecule has 0 spiro atoms. The minimum atomic E-state index is 0.0647. The molecule has 4 nitrogen and oxygen atoms in total. The Hall–Kier alpha value is -1.88. The first-order valence-electron chi connectivity index (χ1n) is 6.49. The van der Waals surface area contributed by atoms with Gasteiger partial charge in [0, 0.05) is 11.3 Å². The van der Waals surface area contributed by atoms with E-state index in [1.807, 2.05) is 39.0 Å². The largest absolute Gasteiger partial charge is 0.466 e. The van der Waals surface area contributed by atoms with Gasteiger partial charge in [0.25, 0.3) is 0 Å². The third-order valence-electron chi connectivity index (χ3n) is 3.20. The van der Waals surface area contributed by atoms with E-state index in [1.165, 1.54) is 0 Å². The van der Waals surface area contributed by atoms with Gasteiger partial charge in [-0.2, -0.15) is 0 Å². The van der Waals surface area contributed by atoms with Gasteiger partial charge in [-0.15, -0.1) is 0 Å². The van der Waals surface area contributed by atoms with Crippen molar-refractivity contribution in [2.45, 2.75) is 33.7 Å². The smallest absolute Gasteiger partial charge is 0.136 e. The topological polar surface area (TPSA) is 64.1 Å². The lowest BCUT2D eigenvalue weighted by Crippen LogP contribution is -2.16. The lowest BCUT2D eigenvalue weighted by atomic mass is 10.1. The molecule has 0 saturated heterocycles. The maximum absolute atomic E-state index is 5.75. The van der Waals surface area contributed by atoms with Crippen molar-refractivity contribution in [2.75, 3.05) is 5.32 Å². The van der Waals surface area contributed by atoms with Crippen molar-refractivity contribution in [1.82, 2.24) is 4.98 Å². The molecule has 0 aliphatic carbocycles. The average Bonchev–Trinajstić information content (AvgIpc) is 2.68. The summed E-state index contributed by atoms with van der Waals surface area (Å²) in [6.45, 7) is 7.89. The van der Waals surface area contributed by atoms with Crippen LogP contribution in [0.3, 0.4) is 0 Å². The zero-order valence-corrected chi connectivity index (χ0v) is 13.0. The summed E-state index contributed by atoms with van der Waals surface area (Å²) >= 11 is 5.07. The number of thiocarbonyl (C=S) groups is 1. The van der Waals surface area contributed by atoms with Crippen molar-refractivity contribution in [3.05, 3.63) is 46.5 Å². The molecular weight excluding hydrogens is 270 g/mol. The van der Waals surface area contributed by atoms with Gasteiger partial charge >= 0.3 is 0 Å². The number of anilines is 1. The first-order chi connectivity index (χ1) is 9.38. The van der Waals surface area contributed by atoms with E-state index in [9.17, 15) is 0 Å². The van der Waals surface area contributed by atoms with Gasteiger partial charge < -0.3 is 15.5 Å². The van der Waals surface area contributed by atoms with E-state index in [2.05, 4.69) is 17.2 Å². The molecule has 3 N–H and O–H groups in total. The monoisotopic (exact) mass is 289 g/mol. The van der Waals surface area contributed by atoms with Crippen LogP contribution in [0.5, 0.6) is 0 Å². The first kappa shape index (κ1) is 14.5. The number of aryl methyl sites for hydroxylation is 3. The third kappa shape index (κ3) is 2.99. The molecule has 0 amide bonds. The molecule has 20 heavy (non-hydrogen) atoms. The molecular formula is C15H19N3OS. The lowest BCUT2D eigenvalue weighted by molar-refractivity contribution is 0.500. The van der Waals surface area contributed by atoms with E-state index >= 15 is 0 Å². The maximum atomic E-state index is 5.75. The zero-order valence-electron chi connectivity index (χ0n) is 12.2. The summed E-state index contributed by atoms with van der Waals surface area (Å²) in [5, 5.41) is 3.36. The van der Waals surface area contributed by atoms with Gasteiger partial charge in [0.05, 0.1) is 11.6 Å². The number of aromatic nitrogens is 1. The van der Waals surface area contributed by atoms with E-state index in [0.717, 1.165) is 28.3 Å². The van der Waals surface area contributed by atoms with Gasteiger partial charge in [-0.3, -0.25) is 0 Å². The van der Waals surface area contributed by atoms with Crippen LogP contribution < -0.4 is 11.1 Å². The summed E-state index contributed by atoms with van der Waals surface area (Å²) in [6.07, 6.45) is 0. The molecule has 2 rings (SSSR count). The van der Waals surface area contributed by atoms with Crippen molar-refractivity contribution in [1.29, 1.82) is 0 Å². The van der Waals surface area contributed by atoms with Gasteiger partial charge in [-0.25, -0.2) is 4.98 Å². The molecule has 106 valence electrons. The standard InChI is InChI=1S/C15H19N3OS/c1-8-5-6-12(14(16)20)15(17-8)18-10(3)13-7-9(2)19-11(13)4/h5-7,10H,1-4H3,(H2,16,20)(H,17,18). The molecule has 0 aliphatic heterocycles. The summed E-state index contributed by atoms with van der Waals surface area (Å²) in [4.78, 5) is 4.83. The highest BCUT2D eigenvalue weighted by atomic mass is 32.1. The van der Waals surface area contributed by atoms with Crippen LogP contribution in [0.4, 0.5) is 5.82 Å². The number of furan rings is 1. The van der Waals surface area contributed by atoms with Crippen LogP contribution in [-0.2, 0) is 0 Å². The van der Waals surface area contributed by atoms with Crippen molar-refractivity contribution < 1.29 is 4.42 Å². The Morgan fingerprint density at radius 1 is 1.35 bits per heavy atom. The Morgan fingerprint density at radius 3 is 2.60 bits per heavy atom. The Balaban J connectivity index is 2.32. The van der Waals surface area contributed by atoms with Crippen LogP contribution in [0.2, 0.25) is 0 Å². The van der Waals surface area contributed by atoms with Gasteiger partial charge in [0.2, 0.25) is 0 Å². The molecule has 0 radical (unpaired) electrons.